The zero-order valence-corrected chi connectivity index (χ0v) is 18.2. The Labute approximate surface area is 199 Å². The second-order valence-electron chi connectivity index (χ2n) is 7.38. The Morgan fingerprint density at radius 3 is 1.89 bits per heavy atom. The number of carbonyl (C=O) groups excluding carboxylic acids is 3. The Morgan fingerprint density at radius 1 is 0.686 bits per heavy atom. The minimum Gasteiger partial charge on any atom is -0.476 e. The van der Waals surface area contributed by atoms with Crippen LogP contribution < -0.4 is 0 Å². The average Bonchev–Trinajstić information content (AvgIpc) is 3.44. The zero-order valence-electron chi connectivity index (χ0n) is 18.2. The van der Waals surface area contributed by atoms with Gasteiger partial charge in [-0.25, -0.2) is 9.59 Å². The van der Waals surface area contributed by atoms with Crippen molar-refractivity contribution < 1.29 is 29.1 Å². The third-order valence-corrected chi connectivity index (χ3v) is 5.07. The number of aliphatic carboxylic acids is 1. The van der Waals surface area contributed by atoms with Crippen molar-refractivity contribution in [3.05, 3.63) is 120 Å². The van der Waals surface area contributed by atoms with E-state index in [1.807, 2.05) is 6.07 Å². The number of oxime groups is 1. The monoisotopic (exact) mass is 466 g/mol. The van der Waals surface area contributed by atoms with Gasteiger partial charge in [0.25, 0.3) is 0 Å². The normalized spacial score (nSPS) is 11.0. The summed E-state index contributed by atoms with van der Waals surface area (Å²) in [6.45, 7) is 0. The minimum absolute atomic E-state index is 0.0282. The van der Waals surface area contributed by atoms with Gasteiger partial charge in [0.1, 0.15) is 0 Å². The van der Waals surface area contributed by atoms with Crippen LogP contribution in [0.25, 0.3) is 11.1 Å². The molecule has 0 atom stereocenters. The highest BCUT2D eigenvalue weighted by Gasteiger charge is 2.24. The summed E-state index contributed by atoms with van der Waals surface area (Å²) in [6, 6.07) is 25.1. The molecule has 0 saturated carbocycles. The fraction of sp³-hybridized carbons (Fsp3) is 0. The van der Waals surface area contributed by atoms with Gasteiger partial charge in [0.15, 0.2) is 5.78 Å². The molecular formula is C27H18N2O6. The second-order valence-corrected chi connectivity index (χ2v) is 7.38. The molecule has 0 aliphatic heterocycles. The van der Waals surface area contributed by atoms with Gasteiger partial charge in [-0.3, -0.25) is 19.0 Å². The molecule has 3 aromatic carbocycles. The van der Waals surface area contributed by atoms with Crippen molar-refractivity contribution in [2.24, 2.45) is 5.16 Å². The van der Waals surface area contributed by atoms with Gasteiger partial charge < -0.3 is 5.11 Å². The van der Waals surface area contributed by atoms with Crippen molar-refractivity contribution in [3.8, 4) is 11.1 Å². The van der Waals surface area contributed by atoms with Crippen LogP contribution in [0.2, 0.25) is 0 Å². The molecule has 0 unspecified atom stereocenters. The van der Waals surface area contributed by atoms with Gasteiger partial charge in [0.05, 0.1) is 0 Å². The second kappa shape index (κ2) is 10.2. The van der Waals surface area contributed by atoms with Gasteiger partial charge in [-0.15, -0.1) is 0 Å². The quantitative estimate of drug-likeness (QED) is 0.139. The molecule has 1 heterocycles. The third kappa shape index (κ3) is 5.28. The Kier molecular flexibility index (Phi) is 6.73. The molecule has 8 nitrogen and oxygen atoms in total. The number of ketones is 2. The minimum atomic E-state index is -1.64. The maximum Gasteiger partial charge on any atom is 0.444 e. The van der Waals surface area contributed by atoms with E-state index in [0.29, 0.717) is 22.3 Å². The number of rotatable bonds is 7. The topological polar surface area (TPSA) is 115 Å². The van der Waals surface area contributed by atoms with Crippen LogP contribution in [0, 0.1) is 0 Å². The first-order valence-electron chi connectivity index (χ1n) is 10.4. The van der Waals surface area contributed by atoms with Gasteiger partial charge in [0.2, 0.25) is 11.5 Å². The lowest BCUT2D eigenvalue weighted by molar-refractivity contribution is -0.129. The fourth-order valence-corrected chi connectivity index (χ4v) is 3.34. The van der Waals surface area contributed by atoms with Crippen LogP contribution in [-0.2, 0) is 9.63 Å². The predicted molar refractivity (Wildman–Crippen MR) is 127 cm³/mol. The predicted octanol–water partition coefficient (Wildman–Crippen LogP) is 4.69. The third-order valence-electron chi connectivity index (χ3n) is 5.07. The number of carbonyl (C=O) groups is 4. The van der Waals surface area contributed by atoms with Crippen LogP contribution in [0.5, 0.6) is 0 Å². The number of carboxylic acids is 1. The van der Waals surface area contributed by atoms with Gasteiger partial charge in [-0.05, 0) is 35.4 Å². The SMILES string of the molecule is O=C(O)/C(=N\OC(=O)n1cccc1)C(=O)c1cccc(-c2cccc(C(=O)c3ccccc3)c2)c1. The maximum absolute atomic E-state index is 12.9. The molecule has 0 amide bonds. The molecule has 35 heavy (non-hydrogen) atoms. The summed E-state index contributed by atoms with van der Waals surface area (Å²) < 4.78 is 1.04. The molecule has 8 heteroatoms. The van der Waals surface area contributed by atoms with Crippen molar-refractivity contribution >= 4 is 29.3 Å². The first kappa shape index (κ1) is 23.1. The number of carboxylic acid groups (broad SMARTS) is 1. The van der Waals surface area contributed by atoms with Crippen molar-refractivity contribution in [1.29, 1.82) is 0 Å². The van der Waals surface area contributed by atoms with Crippen molar-refractivity contribution in [2.75, 3.05) is 0 Å². The molecule has 172 valence electrons. The zero-order chi connectivity index (χ0) is 24.8. The van der Waals surface area contributed by atoms with E-state index in [1.54, 1.807) is 72.8 Å². The van der Waals surface area contributed by atoms with Crippen LogP contribution >= 0.6 is 0 Å². The highest BCUT2D eigenvalue weighted by Crippen LogP contribution is 2.23. The van der Waals surface area contributed by atoms with E-state index in [-0.39, 0.29) is 11.3 Å². The number of Topliss-reactive ketones (excluding diaryl/α,β-unsaturated/α-hetero) is 1. The smallest absolute Gasteiger partial charge is 0.444 e. The van der Waals surface area contributed by atoms with Crippen LogP contribution in [0.4, 0.5) is 4.79 Å². The maximum atomic E-state index is 12.9. The van der Waals surface area contributed by atoms with E-state index in [9.17, 15) is 24.3 Å². The standard InChI is InChI=1S/C27H18N2O6/c30-24(18-8-2-1-3-9-18)21-12-6-10-19(16-21)20-11-7-13-22(17-20)25(31)23(26(32)33)28-35-27(34)29-14-4-5-15-29/h1-17H,(H,32,33)/b28-23-. The van der Waals surface area contributed by atoms with Crippen LogP contribution in [0.1, 0.15) is 26.3 Å². The Bertz CT molecular complexity index is 1440. The first-order valence-corrected chi connectivity index (χ1v) is 10.4. The summed E-state index contributed by atoms with van der Waals surface area (Å²) >= 11 is 0. The lowest BCUT2D eigenvalue weighted by Gasteiger charge is -2.08. The molecule has 4 rings (SSSR count). The lowest BCUT2D eigenvalue weighted by atomic mass is 9.96. The summed E-state index contributed by atoms with van der Waals surface area (Å²) in [7, 11) is 0. The Morgan fingerprint density at radius 2 is 1.26 bits per heavy atom. The molecule has 0 bridgehead atoms. The molecule has 0 aliphatic rings. The summed E-state index contributed by atoms with van der Waals surface area (Å²) in [6.07, 6.45) is 1.82. The van der Waals surface area contributed by atoms with Crippen molar-refractivity contribution in [2.45, 2.75) is 0 Å². The number of nitrogens with zero attached hydrogens (tertiary/aromatic N) is 2. The van der Waals surface area contributed by atoms with E-state index in [2.05, 4.69) is 9.99 Å². The van der Waals surface area contributed by atoms with Crippen molar-refractivity contribution in [3.63, 3.8) is 0 Å². The fourth-order valence-electron chi connectivity index (χ4n) is 3.34. The van der Waals surface area contributed by atoms with Crippen molar-refractivity contribution in [1.82, 2.24) is 4.57 Å². The van der Waals surface area contributed by atoms with E-state index in [0.717, 1.165) is 4.57 Å². The summed E-state index contributed by atoms with van der Waals surface area (Å²) in [5.74, 6) is -2.73. The first-order chi connectivity index (χ1) is 16.9. The number of hydrogen-bond acceptors (Lipinski definition) is 6. The van der Waals surface area contributed by atoms with E-state index >= 15 is 0 Å². The van der Waals surface area contributed by atoms with Crippen LogP contribution in [0.15, 0.2) is 109 Å². The van der Waals surface area contributed by atoms with E-state index in [4.69, 9.17) is 0 Å². The van der Waals surface area contributed by atoms with Gasteiger partial charge >= 0.3 is 12.1 Å². The van der Waals surface area contributed by atoms with Gasteiger partial charge in [-0.2, -0.15) is 0 Å². The Hall–Kier alpha value is -5.11. The molecule has 0 fully saturated rings. The van der Waals surface area contributed by atoms with E-state index < -0.39 is 23.6 Å². The molecule has 1 N–H and O–H groups in total. The van der Waals surface area contributed by atoms with Crippen LogP contribution in [0.3, 0.4) is 0 Å². The number of hydrogen-bond donors (Lipinski definition) is 1. The molecule has 0 aliphatic carbocycles. The summed E-state index contributed by atoms with van der Waals surface area (Å²) in [5.41, 5.74) is 1.35. The molecule has 1 aromatic heterocycles. The van der Waals surface area contributed by atoms with E-state index in [1.165, 1.54) is 24.5 Å². The molecule has 0 radical (unpaired) electrons. The van der Waals surface area contributed by atoms with Crippen LogP contribution in [-0.4, -0.2) is 39.0 Å². The largest absolute Gasteiger partial charge is 0.476 e. The molecule has 0 saturated heterocycles. The Balaban J connectivity index is 1.60. The molecule has 0 spiro atoms. The summed E-state index contributed by atoms with van der Waals surface area (Å²) in [4.78, 5) is 53.9. The molecule has 4 aromatic rings. The summed E-state index contributed by atoms with van der Waals surface area (Å²) in [5, 5.41) is 12.7. The van der Waals surface area contributed by atoms with Gasteiger partial charge in [-0.1, -0.05) is 71.9 Å². The average molecular weight is 466 g/mol. The highest BCUT2D eigenvalue weighted by molar-refractivity contribution is 6.67. The highest BCUT2D eigenvalue weighted by atomic mass is 16.7. The van der Waals surface area contributed by atoms with Gasteiger partial charge in [0, 0.05) is 29.1 Å². The molecular weight excluding hydrogens is 448 g/mol. The lowest BCUT2D eigenvalue weighted by Crippen LogP contribution is -2.25. The number of aromatic nitrogens is 1. The number of benzene rings is 3.